The first kappa shape index (κ1) is 6.55. The topological polar surface area (TPSA) is 55.1 Å². The molecule has 1 fully saturated rings. The first-order valence-electron chi connectivity index (χ1n) is 3.16. The van der Waals surface area contributed by atoms with Gasteiger partial charge in [-0.3, -0.25) is 4.79 Å². The summed E-state index contributed by atoms with van der Waals surface area (Å²) >= 11 is 0. The van der Waals surface area contributed by atoms with Crippen molar-refractivity contribution in [1.82, 2.24) is 5.32 Å². The van der Waals surface area contributed by atoms with Crippen LogP contribution in [0.1, 0.15) is 13.3 Å². The van der Waals surface area contributed by atoms with E-state index in [9.17, 15) is 4.79 Å². The standard InChI is InChI=1S/C6H12N2O/c1-6(5(7)9)2-3-8-4-6/h8H,2-4H2,1H3,(H2,7,9). The highest BCUT2D eigenvalue weighted by atomic mass is 16.1. The van der Waals surface area contributed by atoms with E-state index in [0.717, 1.165) is 19.5 Å². The van der Waals surface area contributed by atoms with E-state index in [1.54, 1.807) is 0 Å². The number of carbonyl (C=O) groups is 1. The Hall–Kier alpha value is -0.570. The third kappa shape index (κ3) is 1.05. The molecule has 0 spiro atoms. The Labute approximate surface area is 54.6 Å². The van der Waals surface area contributed by atoms with Crippen LogP contribution in [0.15, 0.2) is 0 Å². The molecule has 9 heavy (non-hydrogen) atoms. The van der Waals surface area contributed by atoms with Crippen molar-refractivity contribution in [1.29, 1.82) is 0 Å². The highest BCUT2D eigenvalue weighted by Gasteiger charge is 2.33. The van der Waals surface area contributed by atoms with E-state index in [1.807, 2.05) is 6.92 Å². The minimum absolute atomic E-state index is 0.187. The molecule has 1 rings (SSSR count). The maximum absolute atomic E-state index is 10.7. The highest BCUT2D eigenvalue weighted by Crippen LogP contribution is 2.22. The fraction of sp³-hybridized carbons (Fsp3) is 0.833. The van der Waals surface area contributed by atoms with Gasteiger partial charge in [-0.05, 0) is 19.9 Å². The van der Waals surface area contributed by atoms with E-state index in [0.29, 0.717) is 0 Å². The molecule has 1 heterocycles. The Bertz CT molecular complexity index is 127. The Balaban J connectivity index is 2.61. The predicted octanol–water partition coefficient (Wildman–Crippen LogP) is -0.529. The van der Waals surface area contributed by atoms with Crippen LogP contribution in [0, 0.1) is 5.41 Å². The molecule has 0 aromatic carbocycles. The van der Waals surface area contributed by atoms with Crippen LogP contribution in [0.2, 0.25) is 0 Å². The van der Waals surface area contributed by atoms with E-state index in [-0.39, 0.29) is 11.3 Å². The summed E-state index contributed by atoms with van der Waals surface area (Å²) in [5.74, 6) is -0.187. The van der Waals surface area contributed by atoms with Crippen molar-refractivity contribution in [3.05, 3.63) is 0 Å². The molecule has 0 saturated carbocycles. The lowest BCUT2D eigenvalue weighted by Gasteiger charge is -2.16. The van der Waals surface area contributed by atoms with Gasteiger partial charge < -0.3 is 11.1 Å². The van der Waals surface area contributed by atoms with Crippen molar-refractivity contribution in [2.45, 2.75) is 13.3 Å². The lowest BCUT2D eigenvalue weighted by Crippen LogP contribution is -2.35. The van der Waals surface area contributed by atoms with Crippen molar-refractivity contribution in [3.8, 4) is 0 Å². The lowest BCUT2D eigenvalue weighted by molar-refractivity contribution is -0.125. The molecule has 52 valence electrons. The van der Waals surface area contributed by atoms with Crippen molar-refractivity contribution < 1.29 is 4.79 Å². The van der Waals surface area contributed by atoms with Crippen molar-refractivity contribution >= 4 is 5.91 Å². The summed E-state index contributed by atoms with van der Waals surface area (Å²) in [6.07, 6.45) is 0.877. The van der Waals surface area contributed by atoms with Crippen LogP contribution < -0.4 is 11.1 Å². The number of hydrogen-bond donors (Lipinski definition) is 2. The normalized spacial score (nSPS) is 34.8. The van der Waals surface area contributed by atoms with E-state index < -0.39 is 0 Å². The summed E-state index contributed by atoms with van der Waals surface area (Å²) in [7, 11) is 0. The summed E-state index contributed by atoms with van der Waals surface area (Å²) in [5.41, 5.74) is 4.88. The van der Waals surface area contributed by atoms with Gasteiger partial charge >= 0.3 is 0 Å². The SMILES string of the molecule is CC1(C(N)=O)CCNC1. The Morgan fingerprint density at radius 2 is 2.44 bits per heavy atom. The van der Waals surface area contributed by atoms with Gasteiger partial charge in [0.1, 0.15) is 0 Å². The van der Waals surface area contributed by atoms with Crippen LogP contribution in [0.3, 0.4) is 0 Å². The first-order valence-corrected chi connectivity index (χ1v) is 3.16. The number of primary amides is 1. The van der Waals surface area contributed by atoms with Gasteiger partial charge in [-0.1, -0.05) is 0 Å². The molecule has 0 aliphatic carbocycles. The molecule has 1 atom stereocenters. The Morgan fingerprint density at radius 3 is 2.67 bits per heavy atom. The van der Waals surface area contributed by atoms with Crippen LogP contribution in [0.25, 0.3) is 0 Å². The average molecular weight is 128 g/mol. The molecule has 1 saturated heterocycles. The molecule has 1 unspecified atom stereocenters. The molecule has 0 radical (unpaired) electrons. The second-order valence-corrected chi connectivity index (χ2v) is 2.85. The average Bonchev–Trinajstić information content (AvgIpc) is 2.16. The van der Waals surface area contributed by atoms with Gasteiger partial charge in [-0.15, -0.1) is 0 Å². The maximum atomic E-state index is 10.7. The Kier molecular flexibility index (Phi) is 1.45. The van der Waals surface area contributed by atoms with Crippen LogP contribution in [-0.2, 0) is 4.79 Å². The first-order chi connectivity index (χ1) is 4.15. The minimum Gasteiger partial charge on any atom is -0.369 e. The third-order valence-corrected chi connectivity index (χ3v) is 1.96. The zero-order valence-corrected chi connectivity index (χ0v) is 5.61. The molecule has 1 aliphatic heterocycles. The molecular weight excluding hydrogens is 116 g/mol. The van der Waals surface area contributed by atoms with Gasteiger partial charge in [0.25, 0.3) is 0 Å². The van der Waals surface area contributed by atoms with E-state index in [2.05, 4.69) is 5.32 Å². The van der Waals surface area contributed by atoms with Crippen LogP contribution >= 0.6 is 0 Å². The largest absolute Gasteiger partial charge is 0.369 e. The second-order valence-electron chi connectivity index (χ2n) is 2.85. The highest BCUT2D eigenvalue weighted by molar-refractivity contribution is 5.81. The van der Waals surface area contributed by atoms with Crippen molar-refractivity contribution in [2.24, 2.45) is 11.1 Å². The third-order valence-electron chi connectivity index (χ3n) is 1.96. The number of nitrogens with two attached hydrogens (primary N) is 1. The molecule has 0 aromatic heterocycles. The molecule has 1 amide bonds. The fourth-order valence-electron chi connectivity index (χ4n) is 1.03. The van der Waals surface area contributed by atoms with Crippen molar-refractivity contribution in [2.75, 3.05) is 13.1 Å². The second kappa shape index (κ2) is 1.99. The molecular formula is C6H12N2O. The van der Waals surface area contributed by atoms with Crippen LogP contribution in [-0.4, -0.2) is 19.0 Å². The summed E-state index contributed by atoms with van der Waals surface area (Å²) < 4.78 is 0. The molecule has 3 N–H and O–H groups in total. The van der Waals surface area contributed by atoms with Crippen LogP contribution in [0.5, 0.6) is 0 Å². The van der Waals surface area contributed by atoms with Crippen LogP contribution in [0.4, 0.5) is 0 Å². The summed E-state index contributed by atoms with van der Waals surface area (Å²) in [6.45, 7) is 3.55. The number of hydrogen-bond acceptors (Lipinski definition) is 2. The van der Waals surface area contributed by atoms with E-state index in [1.165, 1.54) is 0 Å². The fourth-order valence-corrected chi connectivity index (χ4v) is 1.03. The number of carbonyl (C=O) groups excluding carboxylic acids is 1. The van der Waals surface area contributed by atoms with Crippen molar-refractivity contribution in [3.63, 3.8) is 0 Å². The monoisotopic (exact) mass is 128 g/mol. The van der Waals surface area contributed by atoms with Gasteiger partial charge in [0.05, 0.1) is 5.41 Å². The smallest absolute Gasteiger partial charge is 0.224 e. The predicted molar refractivity (Wildman–Crippen MR) is 34.8 cm³/mol. The molecule has 0 bridgehead atoms. The quantitative estimate of drug-likeness (QED) is 0.499. The number of rotatable bonds is 1. The number of amides is 1. The van der Waals surface area contributed by atoms with Gasteiger partial charge in [-0.2, -0.15) is 0 Å². The Morgan fingerprint density at radius 1 is 1.78 bits per heavy atom. The summed E-state index contributed by atoms with van der Waals surface area (Å²) in [5, 5.41) is 3.09. The minimum atomic E-state index is -0.278. The van der Waals surface area contributed by atoms with E-state index in [4.69, 9.17) is 5.73 Å². The molecule has 0 aromatic rings. The molecule has 1 aliphatic rings. The zero-order valence-electron chi connectivity index (χ0n) is 5.61. The van der Waals surface area contributed by atoms with Gasteiger partial charge in [0.15, 0.2) is 0 Å². The molecule has 3 heteroatoms. The molecule has 3 nitrogen and oxygen atoms in total. The summed E-state index contributed by atoms with van der Waals surface area (Å²) in [4.78, 5) is 10.7. The van der Waals surface area contributed by atoms with E-state index >= 15 is 0 Å². The summed E-state index contributed by atoms with van der Waals surface area (Å²) in [6, 6.07) is 0. The van der Waals surface area contributed by atoms with Gasteiger partial charge in [0, 0.05) is 6.54 Å². The van der Waals surface area contributed by atoms with Gasteiger partial charge in [0.2, 0.25) is 5.91 Å². The lowest BCUT2D eigenvalue weighted by atomic mass is 9.89. The van der Waals surface area contributed by atoms with Gasteiger partial charge in [-0.25, -0.2) is 0 Å². The number of nitrogens with one attached hydrogen (secondary N) is 1. The maximum Gasteiger partial charge on any atom is 0.224 e. The zero-order chi connectivity index (χ0) is 6.91.